The van der Waals surface area contributed by atoms with Gasteiger partial charge in [0.05, 0.1) is 11.3 Å². The van der Waals surface area contributed by atoms with E-state index in [-0.39, 0.29) is 11.2 Å². The summed E-state index contributed by atoms with van der Waals surface area (Å²) in [4.78, 5) is 18.1. The van der Waals surface area contributed by atoms with E-state index in [1.54, 1.807) is 11.8 Å². The van der Waals surface area contributed by atoms with Gasteiger partial charge < -0.3 is 4.74 Å². The van der Waals surface area contributed by atoms with Crippen molar-refractivity contribution in [3.05, 3.63) is 166 Å². The van der Waals surface area contributed by atoms with E-state index in [0.29, 0.717) is 17.8 Å². The maximum Gasteiger partial charge on any atom is 0.266 e. The van der Waals surface area contributed by atoms with Gasteiger partial charge in [0.25, 0.3) is 5.91 Å². The van der Waals surface area contributed by atoms with Crippen LogP contribution in [-0.2, 0) is 15.3 Å². The Morgan fingerprint density at radius 2 is 1.29 bits per heavy atom. The fourth-order valence-corrected chi connectivity index (χ4v) is 7.93. The Morgan fingerprint density at radius 3 is 2.00 bits per heavy atom. The molecule has 5 heteroatoms. The third-order valence-corrected chi connectivity index (χ3v) is 9.72. The summed E-state index contributed by atoms with van der Waals surface area (Å²) in [5, 5.41) is 0.0000276. The molecule has 2 unspecified atom stereocenters. The molecule has 0 saturated heterocycles. The van der Waals surface area contributed by atoms with Crippen molar-refractivity contribution in [2.24, 2.45) is 0 Å². The van der Waals surface area contributed by atoms with E-state index >= 15 is 4.79 Å². The number of amides is 1. The van der Waals surface area contributed by atoms with Gasteiger partial charge in [-0.15, -0.1) is 11.8 Å². The minimum Gasteiger partial charge on any atom is -0.462 e. The Bertz CT molecular complexity index is 1760. The van der Waals surface area contributed by atoms with Crippen LogP contribution in [0.5, 0.6) is 0 Å². The number of hydrogen-bond acceptors (Lipinski definition) is 3. The molecule has 1 amide bonds. The minimum atomic E-state index is -1.10. The highest BCUT2D eigenvalue weighted by atomic mass is 79.9. The normalized spacial score (nSPS) is 20.1. The molecule has 0 aliphatic carbocycles. The first-order valence-corrected chi connectivity index (χ1v) is 15.3. The number of carbonyl (C=O) groups is 1. The zero-order valence-electron chi connectivity index (χ0n) is 22.1. The monoisotopic (exact) mass is 615 g/mol. The maximum atomic E-state index is 15.1. The summed E-state index contributed by atoms with van der Waals surface area (Å²) in [6, 6.07) is 46.6. The van der Waals surface area contributed by atoms with Crippen LogP contribution in [-0.4, -0.2) is 5.91 Å². The SMILES string of the molecule is O=C1C(c2ccccc2)=C(c2ccccc2)OC2(c3ccccc3)CC(c3ccccc3Br)Sc3ccccc3N12. The van der Waals surface area contributed by atoms with Gasteiger partial charge in [0, 0.05) is 32.2 Å². The number of anilines is 1. The average molecular weight is 617 g/mol. The second-order valence-corrected chi connectivity index (χ2v) is 12.2. The van der Waals surface area contributed by atoms with Crippen molar-refractivity contribution < 1.29 is 9.53 Å². The quantitative estimate of drug-likeness (QED) is 0.202. The lowest BCUT2D eigenvalue weighted by atomic mass is 9.87. The van der Waals surface area contributed by atoms with E-state index in [2.05, 4.69) is 52.3 Å². The number of carbonyl (C=O) groups excluding carboxylic acids is 1. The number of para-hydroxylation sites is 1. The lowest BCUT2D eigenvalue weighted by molar-refractivity contribution is -0.120. The summed E-state index contributed by atoms with van der Waals surface area (Å²) < 4.78 is 8.41. The summed E-state index contributed by atoms with van der Waals surface area (Å²) in [6.07, 6.45) is 0.545. The number of halogens is 1. The minimum absolute atomic E-state index is 0.0000276. The second kappa shape index (κ2) is 10.7. The molecule has 2 aliphatic heterocycles. The topological polar surface area (TPSA) is 29.5 Å². The molecule has 0 spiro atoms. The molecule has 0 radical (unpaired) electrons. The lowest BCUT2D eigenvalue weighted by Crippen LogP contribution is -2.55. The highest BCUT2D eigenvalue weighted by Gasteiger charge is 2.54. The number of nitrogens with zero attached hydrogens (tertiary/aromatic N) is 1. The Morgan fingerprint density at radius 1 is 0.707 bits per heavy atom. The molecule has 41 heavy (non-hydrogen) atoms. The summed E-state index contributed by atoms with van der Waals surface area (Å²) in [5.41, 5.74) is 4.11. The average Bonchev–Trinajstić information content (AvgIpc) is 3.18. The van der Waals surface area contributed by atoms with Gasteiger partial charge in [0.15, 0.2) is 0 Å². The Kier molecular flexibility index (Phi) is 6.77. The highest BCUT2D eigenvalue weighted by molar-refractivity contribution is 9.10. The van der Waals surface area contributed by atoms with Gasteiger partial charge in [0.2, 0.25) is 5.72 Å². The molecular weight excluding hydrogens is 590 g/mol. The molecule has 0 N–H and O–H groups in total. The van der Waals surface area contributed by atoms with Crippen LogP contribution in [0.25, 0.3) is 11.3 Å². The van der Waals surface area contributed by atoms with Crippen molar-refractivity contribution in [3.8, 4) is 0 Å². The van der Waals surface area contributed by atoms with E-state index in [4.69, 9.17) is 4.74 Å². The Labute approximate surface area is 252 Å². The molecule has 0 fully saturated rings. The predicted molar refractivity (Wildman–Crippen MR) is 170 cm³/mol. The number of hydrogen-bond donors (Lipinski definition) is 0. The molecule has 0 aromatic heterocycles. The number of fused-ring (bicyclic) bond motifs is 3. The van der Waals surface area contributed by atoms with Crippen LogP contribution in [0.15, 0.2) is 149 Å². The predicted octanol–water partition coefficient (Wildman–Crippen LogP) is 9.47. The molecule has 0 bridgehead atoms. The molecule has 5 aromatic rings. The standard InChI is InChI=1S/C36H26BrNO2S/c37-29-21-11-10-20-28(29)32-24-36(27-18-8-3-9-19-27)38(30-22-12-13-23-31(30)41-32)35(39)33(25-14-4-1-5-15-25)34(40-36)26-16-6-2-7-17-26/h1-23,32H,24H2. The molecule has 2 heterocycles. The molecule has 5 aromatic carbocycles. The van der Waals surface area contributed by atoms with Crippen LogP contribution < -0.4 is 4.90 Å². The molecule has 7 rings (SSSR count). The summed E-state index contributed by atoms with van der Waals surface area (Å²) in [5.74, 6) is 0.517. The zero-order chi connectivity index (χ0) is 27.8. The summed E-state index contributed by atoms with van der Waals surface area (Å²) >= 11 is 5.59. The number of ether oxygens (including phenoxy) is 1. The third kappa shape index (κ3) is 4.50. The molecule has 200 valence electrons. The molecule has 3 nitrogen and oxygen atoms in total. The molecule has 2 atom stereocenters. The van der Waals surface area contributed by atoms with Crippen molar-refractivity contribution in [2.75, 3.05) is 4.90 Å². The van der Waals surface area contributed by atoms with Crippen LogP contribution in [0.3, 0.4) is 0 Å². The van der Waals surface area contributed by atoms with Crippen molar-refractivity contribution in [1.82, 2.24) is 0 Å². The van der Waals surface area contributed by atoms with Gasteiger partial charge in [-0.05, 0) is 29.3 Å². The Balaban J connectivity index is 1.55. The van der Waals surface area contributed by atoms with Gasteiger partial charge in [-0.1, -0.05) is 137 Å². The van der Waals surface area contributed by atoms with Gasteiger partial charge >= 0.3 is 0 Å². The van der Waals surface area contributed by atoms with E-state index in [1.165, 1.54) is 5.56 Å². The van der Waals surface area contributed by atoms with Gasteiger partial charge in [-0.2, -0.15) is 0 Å². The fraction of sp³-hybridized carbons (Fsp3) is 0.0833. The van der Waals surface area contributed by atoms with Crippen LogP contribution in [0.4, 0.5) is 5.69 Å². The number of benzene rings is 5. The van der Waals surface area contributed by atoms with E-state index in [1.807, 2.05) is 108 Å². The van der Waals surface area contributed by atoms with Gasteiger partial charge in [0.1, 0.15) is 5.76 Å². The van der Waals surface area contributed by atoms with E-state index in [9.17, 15) is 0 Å². The number of rotatable bonds is 4. The Hall–Kier alpha value is -4.06. The fourth-order valence-electron chi connectivity index (χ4n) is 5.83. The second-order valence-electron chi connectivity index (χ2n) is 10.1. The van der Waals surface area contributed by atoms with Crippen LogP contribution >= 0.6 is 27.7 Å². The highest BCUT2D eigenvalue weighted by Crippen LogP contribution is 2.58. The van der Waals surface area contributed by atoms with E-state index in [0.717, 1.165) is 31.7 Å². The van der Waals surface area contributed by atoms with Gasteiger partial charge in [-0.3, -0.25) is 9.69 Å². The smallest absolute Gasteiger partial charge is 0.266 e. The van der Waals surface area contributed by atoms with Crippen LogP contribution in [0, 0.1) is 0 Å². The summed E-state index contributed by atoms with van der Waals surface area (Å²) in [6.45, 7) is 0. The maximum absolute atomic E-state index is 15.1. The molecular formula is C36H26BrNO2S. The van der Waals surface area contributed by atoms with Crippen molar-refractivity contribution in [3.63, 3.8) is 0 Å². The van der Waals surface area contributed by atoms with Crippen LogP contribution in [0.2, 0.25) is 0 Å². The lowest BCUT2D eigenvalue weighted by Gasteiger charge is -2.48. The first-order chi connectivity index (χ1) is 20.2. The van der Waals surface area contributed by atoms with Crippen molar-refractivity contribution in [1.29, 1.82) is 0 Å². The first kappa shape index (κ1) is 25.9. The largest absolute Gasteiger partial charge is 0.462 e. The number of thioether (sulfide) groups is 1. The van der Waals surface area contributed by atoms with E-state index < -0.39 is 5.72 Å². The van der Waals surface area contributed by atoms with Crippen molar-refractivity contribution >= 4 is 50.6 Å². The zero-order valence-corrected chi connectivity index (χ0v) is 24.5. The summed E-state index contributed by atoms with van der Waals surface area (Å²) in [7, 11) is 0. The van der Waals surface area contributed by atoms with Crippen LogP contribution in [0.1, 0.15) is 33.9 Å². The molecule has 0 saturated carbocycles. The van der Waals surface area contributed by atoms with Gasteiger partial charge in [-0.25, -0.2) is 0 Å². The third-order valence-electron chi connectivity index (χ3n) is 7.69. The molecule has 2 aliphatic rings. The first-order valence-electron chi connectivity index (χ1n) is 13.6. The van der Waals surface area contributed by atoms with Crippen molar-refractivity contribution in [2.45, 2.75) is 22.3 Å².